The maximum Gasteiger partial charge on any atom is 0.147 e. The highest BCUT2D eigenvalue weighted by Crippen LogP contribution is 2.20. The van der Waals surface area contributed by atoms with Gasteiger partial charge in [-0.05, 0) is 25.8 Å². The molecule has 5 heteroatoms. The number of hydrogen-bond donors (Lipinski definition) is 2. The van der Waals surface area contributed by atoms with Crippen LogP contribution in [0.4, 0.5) is 0 Å². The molecule has 1 atom stereocenters. The molecule has 78 valence electrons. The molecule has 1 saturated heterocycles. The molecule has 0 bridgehead atoms. The standard InChI is InChI=1S/C8H17NO3S/c1-13(11,12)6-4-8(10)3-2-5-9-7-8/h9-10H,2-7H2,1H3. The van der Waals surface area contributed by atoms with Crippen LogP contribution in [0, 0.1) is 0 Å². The molecule has 1 aliphatic heterocycles. The van der Waals surface area contributed by atoms with Crippen LogP contribution in [0.3, 0.4) is 0 Å². The lowest BCUT2D eigenvalue weighted by Gasteiger charge is -2.32. The van der Waals surface area contributed by atoms with Crippen LogP contribution in [-0.2, 0) is 9.84 Å². The monoisotopic (exact) mass is 207 g/mol. The van der Waals surface area contributed by atoms with Gasteiger partial charge in [0, 0.05) is 12.8 Å². The smallest absolute Gasteiger partial charge is 0.147 e. The summed E-state index contributed by atoms with van der Waals surface area (Å²) in [6.07, 6.45) is 3.17. The Balaban J connectivity index is 2.42. The van der Waals surface area contributed by atoms with Crippen molar-refractivity contribution in [3.63, 3.8) is 0 Å². The van der Waals surface area contributed by atoms with Gasteiger partial charge in [-0.1, -0.05) is 0 Å². The third-order valence-electron chi connectivity index (χ3n) is 2.39. The summed E-state index contributed by atoms with van der Waals surface area (Å²) in [5.74, 6) is 0.0746. The molecule has 0 saturated carbocycles. The van der Waals surface area contributed by atoms with Gasteiger partial charge in [-0.2, -0.15) is 0 Å². The van der Waals surface area contributed by atoms with E-state index in [1.807, 2.05) is 0 Å². The Morgan fingerprint density at radius 1 is 1.54 bits per heavy atom. The fourth-order valence-corrected chi connectivity index (χ4v) is 2.29. The van der Waals surface area contributed by atoms with Crippen molar-refractivity contribution in [3.8, 4) is 0 Å². The number of aliphatic hydroxyl groups is 1. The summed E-state index contributed by atoms with van der Waals surface area (Å²) in [5.41, 5.74) is -0.804. The van der Waals surface area contributed by atoms with Crippen LogP contribution in [0.15, 0.2) is 0 Å². The molecule has 0 aromatic carbocycles. The van der Waals surface area contributed by atoms with E-state index in [2.05, 4.69) is 5.32 Å². The molecule has 0 aliphatic carbocycles. The van der Waals surface area contributed by atoms with E-state index in [9.17, 15) is 13.5 Å². The molecule has 1 unspecified atom stereocenters. The molecule has 0 aromatic rings. The molecule has 2 N–H and O–H groups in total. The minimum absolute atomic E-state index is 0.0746. The molecular weight excluding hydrogens is 190 g/mol. The van der Waals surface area contributed by atoms with Gasteiger partial charge in [-0.25, -0.2) is 8.42 Å². The maximum absolute atomic E-state index is 10.9. The van der Waals surface area contributed by atoms with Gasteiger partial charge in [0.15, 0.2) is 0 Å². The number of nitrogens with one attached hydrogen (secondary N) is 1. The van der Waals surface area contributed by atoms with Crippen molar-refractivity contribution in [2.24, 2.45) is 0 Å². The highest BCUT2D eigenvalue weighted by Gasteiger charge is 2.29. The Hall–Kier alpha value is -0.130. The van der Waals surface area contributed by atoms with E-state index in [0.717, 1.165) is 13.0 Å². The topological polar surface area (TPSA) is 66.4 Å². The van der Waals surface area contributed by atoms with Gasteiger partial charge in [-0.3, -0.25) is 0 Å². The van der Waals surface area contributed by atoms with Crippen molar-refractivity contribution in [3.05, 3.63) is 0 Å². The average Bonchev–Trinajstić information content (AvgIpc) is 2.02. The lowest BCUT2D eigenvalue weighted by Crippen LogP contribution is -2.46. The molecule has 0 radical (unpaired) electrons. The van der Waals surface area contributed by atoms with Crippen molar-refractivity contribution in [2.75, 3.05) is 25.1 Å². The van der Waals surface area contributed by atoms with E-state index in [1.54, 1.807) is 0 Å². The first kappa shape index (κ1) is 10.9. The minimum atomic E-state index is -2.95. The first-order valence-electron chi connectivity index (χ1n) is 4.52. The highest BCUT2D eigenvalue weighted by molar-refractivity contribution is 7.90. The fraction of sp³-hybridized carbons (Fsp3) is 1.00. The van der Waals surface area contributed by atoms with Gasteiger partial charge in [0.2, 0.25) is 0 Å². The van der Waals surface area contributed by atoms with Crippen molar-refractivity contribution < 1.29 is 13.5 Å². The number of rotatable bonds is 3. The first-order valence-corrected chi connectivity index (χ1v) is 6.58. The fourth-order valence-electron chi connectivity index (χ4n) is 1.54. The van der Waals surface area contributed by atoms with Crippen molar-refractivity contribution in [1.29, 1.82) is 0 Å². The first-order chi connectivity index (χ1) is 5.91. The zero-order valence-electron chi connectivity index (χ0n) is 7.91. The van der Waals surface area contributed by atoms with Gasteiger partial charge in [0.05, 0.1) is 11.4 Å². The lowest BCUT2D eigenvalue weighted by atomic mass is 9.92. The summed E-state index contributed by atoms with van der Waals surface area (Å²) in [4.78, 5) is 0. The molecule has 13 heavy (non-hydrogen) atoms. The van der Waals surface area contributed by atoms with Crippen LogP contribution in [-0.4, -0.2) is 44.2 Å². The van der Waals surface area contributed by atoms with Crippen LogP contribution in [0.2, 0.25) is 0 Å². The van der Waals surface area contributed by atoms with Crippen molar-refractivity contribution in [1.82, 2.24) is 5.32 Å². The van der Waals surface area contributed by atoms with Crippen LogP contribution in [0.1, 0.15) is 19.3 Å². The molecule has 1 rings (SSSR count). The zero-order valence-corrected chi connectivity index (χ0v) is 8.73. The van der Waals surface area contributed by atoms with Crippen LogP contribution in [0.25, 0.3) is 0 Å². The van der Waals surface area contributed by atoms with Crippen molar-refractivity contribution >= 4 is 9.84 Å². The molecule has 0 aromatic heterocycles. The molecule has 1 aliphatic rings. The molecular formula is C8H17NO3S. The van der Waals surface area contributed by atoms with E-state index >= 15 is 0 Å². The Bertz CT molecular complexity index is 255. The quantitative estimate of drug-likeness (QED) is 0.657. The van der Waals surface area contributed by atoms with Crippen LogP contribution >= 0.6 is 0 Å². The second kappa shape index (κ2) is 3.94. The maximum atomic E-state index is 10.9. The Labute approximate surface area is 79.3 Å². The zero-order chi connectivity index (χ0) is 9.95. The second-order valence-corrected chi connectivity index (χ2v) is 6.14. The predicted octanol–water partition coefficient (Wildman–Crippen LogP) is -0.464. The summed E-state index contributed by atoms with van der Waals surface area (Å²) in [5, 5.41) is 13.0. The summed E-state index contributed by atoms with van der Waals surface area (Å²) < 4.78 is 21.8. The highest BCUT2D eigenvalue weighted by atomic mass is 32.2. The van der Waals surface area contributed by atoms with E-state index < -0.39 is 15.4 Å². The summed E-state index contributed by atoms with van der Waals surface area (Å²) in [6, 6.07) is 0. The van der Waals surface area contributed by atoms with E-state index in [4.69, 9.17) is 0 Å². The van der Waals surface area contributed by atoms with E-state index in [0.29, 0.717) is 19.4 Å². The Kier molecular flexibility index (Phi) is 3.32. The van der Waals surface area contributed by atoms with Gasteiger partial charge >= 0.3 is 0 Å². The third-order valence-corrected chi connectivity index (χ3v) is 3.33. The van der Waals surface area contributed by atoms with Crippen LogP contribution < -0.4 is 5.32 Å². The van der Waals surface area contributed by atoms with Crippen LogP contribution in [0.5, 0.6) is 0 Å². The predicted molar refractivity (Wildman–Crippen MR) is 51.4 cm³/mol. The molecule has 1 fully saturated rings. The molecule has 0 spiro atoms. The largest absolute Gasteiger partial charge is 0.389 e. The average molecular weight is 207 g/mol. The number of sulfone groups is 1. The Morgan fingerprint density at radius 2 is 2.23 bits per heavy atom. The molecule has 0 amide bonds. The van der Waals surface area contributed by atoms with Crippen molar-refractivity contribution in [2.45, 2.75) is 24.9 Å². The second-order valence-electron chi connectivity index (χ2n) is 3.88. The molecule has 4 nitrogen and oxygen atoms in total. The Morgan fingerprint density at radius 3 is 2.69 bits per heavy atom. The normalized spacial score (nSPS) is 30.3. The summed E-state index contributed by atoms with van der Waals surface area (Å²) >= 11 is 0. The van der Waals surface area contributed by atoms with E-state index in [-0.39, 0.29) is 5.75 Å². The number of hydrogen-bond acceptors (Lipinski definition) is 4. The van der Waals surface area contributed by atoms with Gasteiger partial charge < -0.3 is 10.4 Å². The number of piperidine rings is 1. The third kappa shape index (κ3) is 4.06. The van der Waals surface area contributed by atoms with Gasteiger partial charge in [0.25, 0.3) is 0 Å². The SMILES string of the molecule is CS(=O)(=O)CCC1(O)CCCNC1. The lowest BCUT2D eigenvalue weighted by molar-refractivity contribution is 0.0138. The minimum Gasteiger partial charge on any atom is -0.389 e. The van der Waals surface area contributed by atoms with E-state index in [1.165, 1.54) is 6.26 Å². The van der Waals surface area contributed by atoms with Gasteiger partial charge in [0.1, 0.15) is 9.84 Å². The van der Waals surface area contributed by atoms with Gasteiger partial charge in [-0.15, -0.1) is 0 Å². The summed E-state index contributed by atoms with van der Waals surface area (Å²) in [6.45, 7) is 1.43. The number of β-amino-alcohol motifs (C(OH)–C–C–N with tert-alkyl or cyclic N) is 1. The summed E-state index contributed by atoms with van der Waals surface area (Å²) in [7, 11) is -2.95. The molecule has 1 heterocycles.